The van der Waals surface area contributed by atoms with Crippen molar-refractivity contribution in [2.24, 2.45) is 5.92 Å². The van der Waals surface area contributed by atoms with Crippen molar-refractivity contribution >= 4 is 14.4 Å². The first-order valence-electron chi connectivity index (χ1n) is 6.22. The molecule has 0 bridgehead atoms. The van der Waals surface area contributed by atoms with E-state index in [-0.39, 0.29) is 11.9 Å². The van der Waals surface area contributed by atoms with Crippen molar-refractivity contribution in [3.63, 3.8) is 0 Å². The summed E-state index contributed by atoms with van der Waals surface area (Å²) in [5, 5.41) is 0. The smallest absolute Gasteiger partial charge is 0.308 e. The Morgan fingerprint density at radius 1 is 1.31 bits per heavy atom. The van der Waals surface area contributed by atoms with Crippen LogP contribution in [0.15, 0.2) is 0 Å². The second kappa shape index (κ2) is 7.82. The molecule has 0 spiro atoms. The molecule has 0 rings (SSSR count). The van der Waals surface area contributed by atoms with Gasteiger partial charge in [0.25, 0.3) is 0 Å². The van der Waals surface area contributed by atoms with E-state index in [1.165, 1.54) is 12.8 Å². The van der Waals surface area contributed by atoms with E-state index in [1.807, 2.05) is 0 Å². The highest BCUT2D eigenvalue weighted by Gasteiger charge is 2.27. The Balaban J connectivity index is 3.64. The summed E-state index contributed by atoms with van der Waals surface area (Å²) < 4.78 is 18.5. The van der Waals surface area contributed by atoms with Crippen molar-refractivity contribution in [3.8, 4) is 0 Å². The molecule has 1 unspecified atom stereocenters. The highest BCUT2D eigenvalue weighted by molar-refractivity contribution is 6.70. The third-order valence-corrected chi connectivity index (χ3v) is 4.02. The third kappa shape index (κ3) is 8.89. The van der Waals surface area contributed by atoms with Crippen LogP contribution in [0.25, 0.3) is 0 Å². The highest BCUT2D eigenvalue weighted by atomic mass is 28.4. The fraction of sp³-hybridized carbons (Fsp3) is 0.917. The zero-order chi connectivity index (χ0) is 12.6. The predicted molar refractivity (Wildman–Crippen MR) is 67.7 cm³/mol. The van der Waals surface area contributed by atoms with Crippen LogP contribution in [0.2, 0.25) is 19.1 Å². The maximum Gasteiger partial charge on any atom is 0.308 e. The zero-order valence-electron chi connectivity index (χ0n) is 11.0. The normalized spacial score (nSPS) is 13.6. The molecule has 96 valence electrons. The highest BCUT2D eigenvalue weighted by Crippen LogP contribution is 2.19. The van der Waals surface area contributed by atoms with Crippen LogP contribution in [0.4, 0.5) is 4.11 Å². The molecule has 0 fully saturated rings. The van der Waals surface area contributed by atoms with Gasteiger partial charge in [-0.25, -0.2) is 0 Å². The minimum absolute atomic E-state index is 0.241. The summed E-state index contributed by atoms with van der Waals surface area (Å²) in [6, 6.07) is 0.362. The molecule has 0 aromatic rings. The number of esters is 1. The fourth-order valence-corrected chi connectivity index (χ4v) is 3.28. The van der Waals surface area contributed by atoms with Gasteiger partial charge in [0.05, 0.1) is 12.5 Å². The number of carbonyl (C=O) groups excluding carboxylic acids is 1. The first kappa shape index (κ1) is 15.6. The van der Waals surface area contributed by atoms with Gasteiger partial charge in [-0.1, -0.05) is 33.1 Å². The van der Waals surface area contributed by atoms with E-state index in [1.54, 1.807) is 20.0 Å². The number of ether oxygens (including phenoxy) is 1. The lowest BCUT2D eigenvalue weighted by Crippen LogP contribution is -2.26. The van der Waals surface area contributed by atoms with Crippen LogP contribution < -0.4 is 0 Å². The van der Waals surface area contributed by atoms with E-state index in [0.29, 0.717) is 12.7 Å². The summed E-state index contributed by atoms with van der Waals surface area (Å²) in [4.78, 5) is 11.5. The van der Waals surface area contributed by atoms with E-state index in [9.17, 15) is 8.90 Å². The van der Waals surface area contributed by atoms with E-state index >= 15 is 0 Å². The van der Waals surface area contributed by atoms with Crippen LogP contribution >= 0.6 is 0 Å². The minimum Gasteiger partial charge on any atom is -0.465 e. The number of halogens is 1. The third-order valence-electron chi connectivity index (χ3n) is 2.44. The average Bonchev–Trinajstić information content (AvgIpc) is 2.14. The Kier molecular flexibility index (Phi) is 7.63. The summed E-state index contributed by atoms with van der Waals surface area (Å²) in [5.41, 5.74) is 0. The first-order valence-corrected chi connectivity index (χ1v) is 9.31. The Hall–Kier alpha value is -0.383. The summed E-state index contributed by atoms with van der Waals surface area (Å²) in [6.07, 6.45) is 4.37. The second-order valence-corrected chi connectivity index (χ2v) is 8.90. The van der Waals surface area contributed by atoms with Gasteiger partial charge >= 0.3 is 5.97 Å². The monoisotopic (exact) mass is 248 g/mol. The van der Waals surface area contributed by atoms with Gasteiger partial charge in [-0.3, -0.25) is 4.79 Å². The summed E-state index contributed by atoms with van der Waals surface area (Å²) >= 11 is 0. The molecule has 1 atom stereocenters. The van der Waals surface area contributed by atoms with E-state index in [0.717, 1.165) is 12.8 Å². The van der Waals surface area contributed by atoms with Gasteiger partial charge in [0, 0.05) is 0 Å². The Morgan fingerprint density at radius 2 is 1.94 bits per heavy atom. The molecule has 0 aromatic carbocycles. The Labute approximate surface area is 99.7 Å². The summed E-state index contributed by atoms with van der Waals surface area (Å²) in [6.45, 7) is 7.62. The SMILES string of the molecule is CCCCCCOC(=O)C(C)C[Si](C)(C)F. The van der Waals surface area contributed by atoms with E-state index < -0.39 is 8.41 Å². The molecular formula is C12H25FO2Si. The van der Waals surface area contributed by atoms with Crippen molar-refractivity contribution in [1.29, 1.82) is 0 Å². The maximum absolute atomic E-state index is 13.4. The van der Waals surface area contributed by atoms with Gasteiger partial charge in [0.1, 0.15) is 0 Å². The predicted octanol–water partition coefficient (Wildman–Crippen LogP) is 3.92. The topological polar surface area (TPSA) is 26.3 Å². The van der Waals surface area contributed by atoms with Gasteiger partial charge in [-0.2, -0.15) is 0 Å². The van der Waals surface area contributed by atoms with Crippen molar-refractivity contribution in [3.05, 3.63) is 0 Å². The molecule has 0 amide bonds. The molecule has 0 aliphatic carbocycles. The standard InChI is InChI=1S/C12H25FO2Si/c1-5-6-7-8-9-15-12(14)11(2)10-16(3,4)13/h11H,5-10H2,1-4H3. The van der Waals surface area contributed by atoms with Crippen LogP contribution in [-0.2, 0) is 9.53 Å². The molecule has 0 N–H and O–H groups in total. The quantitative estimate of drug-likeness (QED) is 0.282. The molecule has 4 heteroatoms. The average molecular weight is 248 g/mol. The lowest BCUT2D eigenvalue weighted by atomic mass is 10.2. The number of hydrogen-bond donors (Lipinski definition) is 0. The fourth-order valence-electron chi connectivity index (χ4n) is 1.66. The number of rotatable bonds is 8. The molecule has 0 aliphatic rings. The van der Waals surface area contributed by atoms with Crippen molar-refractivity contribution in [2.75, 3.05) is 6.61 Å². The van der Waals surface area contributed by atoms with Crippen LogP contribution in [0.1, 0.15) is 39.5 Å². The Morgan fingerprint density at radius 3 is 2.44 bits per heavy atom. The minimum atomic E-state index is -2.64. The first-order chi connectivity index (χ1) is 7.37. The lowest BCUT2D eigenvalue weighted by Gasteiger charge is -2.16. The lowest BCUT2D eigenvalue weighted by molar-refractivity contribution is -0.147. The zero-order valence-corrected chi connectivity index (χ0v) is 12.0. The number of hydrogen-bond acceptors (Lipinski definition) is 2. The number of carbonyl (C=O) groups is 1. The van der Waals surface area contributed by atoms with Gasteiger partial charge in [0.15, 0.2) is 0 Å². The Bertz CT molecular complexity index is 202. The molecule has 0 heterocycles. The molecule has 0 radical (unpaired) electrons. The van der Waals surface area contributed by atoms with Crippen LogP contribution in [0, 0.1) is 5.92 Å². The van der Waals surface area contributed by atoms with Gasteiger partial charge in [-0.05, 0) is 25.6 Å². The molecule has 16 heavy (non-hydrogen) atoms. The van der Waals surface area contributed by atoms with Crippen LogP contribution in [0.5, 0.6) is 0 Å². The summed E-state index contributed by atoms with van der Waals surface area (Å²) in [5.74, 6) is -0.535. The molecule has 0 saturated carbocycles. The molecule has 0 aromatic heterocycles. The van der Waals surface area contributed by atoms with Crippen LogP contribution in [0.3, 0.4) is 0 Å². The molecule has 0 saturated heterocycles. The van der Waals surface area contributed by atoms with Gasteiger partial charge < -0.3 is 8.84 Å². The largest absolute Gasteiger partial charge is 0.465 e. The summed E-state index contributed by atoms with van der Waals surface area (Å²) in [7, 11) is -2.64. The molecule has 0 aliphatic heterocycles. The van der Waals surface area contributed by atoms with Crippen molar-refractivity contribution in [1.82, 2.24) is 0 Å². The molecular weight excluding hydrogens is 223 g/mol. The van der Waals surface area contributed by atoms with Gasteiger partial charge in [0.2, 0.25) is 8.41 Å². The molecule has 2 nitrogen and oxygen atoms in total. The maximum atomic E-state index is 13.4. The van der Waals surface area contributed by atoms with Gasteiger partial charge in [-0.15, -0.1) is 0 Å². The van der Waals surface area contributed by atoms with E-state index in [2.05, 4.69) is 6.92 Å². The van der Waals surface area contributed by atoms with Crippen molar-refractivity contribution < 1.29 is 13.6 Å². The number of unbranched alkanes of at least 4 members (excludes halogenated alkanes) is 3. The van der Waals surface area contributed by atoms with Crippen LogP contribution in [-0.4, -0.2) is 21.0 Å². The van der Waals surface area contributed by atoms with Crippen molar-refractivity contribution in [2.45, 2.75) is 58.7 Å². The van der Waals surface area contributed by atoms with E-state index in [4.69, 9.17) is 4.74 Å². The second-order valence-electron chi connectivity index (χ2n) is 5.05.